The van der Waals surface area contributed by atoms with Crippen molar-refractivity contribution >= 4 is 34.9 Å². The van der Waals surface area contributed by atoms with Crippen molar-refractivity contribution in [3.05, 3.63) is 59.1 Å². The van der Waals surface area contributed by atoms with Gasteiger partial charge in [-0.3, -0.25) is 4.79 Å². The molecule has 0 aromatic heterocycles. The summed E-state index contributed by atoms with van der Waals surface area (Å²) in [6.07, 6.45) is 1.96. The third kappa shape index (κ3) is 3.28. The molecule has 2 saturated carbocycles. The topological polar surface area (TPSA) is 77.0 Å². The quantitative estimate of drug-likeness (QED) is 0.463. The number of carbonyl (C=O) groups excluding carboxylic acids is 2. The fourth-order valence-electron chi connectivity index (χ4n) is 5.25. The molecule has 2 aromatic carbocycles. The van der Waals surface area contributed by atoms with Gasteiger partial charge in [0.25, 0.3) is 0 Å². The molecule has 2 unspecified atom stereocenters. The first-order valence-corrected chi connectivity index (χ1v) is 11.0. The molecule has 2 fully saturated rings. The van der Waals surface area contributed by atoms with Gasteiger partial charge in [-0.05, 0) is 42.5 Å². The highest BCUT2D eigenvalue weighted by Crippen LogP contribution is 2.71. The van der Waals surface area contributed by atoms with E-state index in [1.807, 2.05) is 18.2 Å². The number of rotatable bonds is 5. The van der Waals surface area contributed by atoms with E-state index in [1.165, 1.54) is 0 Å². The fraction of sp³-hybridized carbons (Fsp3) is 0.400. The molecule has 6 nitrogen and oxygen atoms in total. The predicted octanol–water partition coefficient (Wildman–Crippen LogP) is 5.72. The van der Waals surface area contributed by atoms with Crippen LogP contribution >= 0.6 is 11.6 Å². The molecule has 4 rings (SSSR count). The number of amides is 1. The van der Waals surface area contributed by atoms with Crippen LogP contribution in [0.2, 0.25) is 5.02 Å². The Labute approximate surface area is 192 Å². The standard InChI is InChI=1S/C25H27ClN2O4/c1-23(2)24(3)12-13-25(23,22(30)27-16-8-7-9-17(14-16)31-4)15-20(24)28-32-21(29)18-10-5-6-11-19(18)26/h5-11,14H,12-13,15H2,1-4H3,(H,27,30)/b28-20-. The number of halogens is 1. The molecule has 0 spiro atoms. The van der Waals surface area contributed by atoms with E-state index in [4.69, 9.17) is 21.2 Å². The van der Waals surface area contributed by atoms with Gasteiger partial charge in [0, 0.05) is 23.6 Å². The van der Waals surface area contributed by atoms with Gasteiger partial charge in [0.05, 0.1) is 28.8 Å². The van der Waals surface area contributed by atoms with Crippen LogP contribution in [0.5, 0.6) is 5.75 Å². The van der Waals surface area contributed by atoms with E-state index in [9.17, 15) is 9.59 Å². The molecule has 0 aliphatic heterocycles. The first-order chi connectivity index (χ1) is 15.1. The lowest BCUT2D eigenvalue weighted by atomic mass is 9.64. The summed E-state index contributed by atoms with van der Waals surface area (Å²) in [5, 5.41) is 7.64. The third-order valence-corrected chi connectivity index (χ3v) is 8.16. The number of benzene rings is 2. The molecule has 7 heteroatoms. The summed E-state index contributed by atoms with van der Waals surface area (Å²) in [5.74, 6) is 0.0141. The minimum absolute atomic E-state index is 0.0536. The maximum atomic E-state index is 13.6. The average Bonchev–Trinajstić information content (AvgIpc) is 3.08. The number of hydrogen-bond acceptors (Lipinski definition) is 5. The molecule has 1 amide bonds. The van der Waals surface area contributed by atoms with E-state index in [0.717, 1.165) is 18.6 Å². The lowest BCUT2D eigenvalue weighted by Gasteiger charge is -2.39. The highest BCUT2D eigenvalue weighted by atomic mass is 35.5. The first-order valence-electron chi connectivity index (χ1n) is 10.6. The van der Waals surface area contributed by atoms with Gasteiger partial charge in [-0.15, -0.1) is 0 Å². The van der Waals surface area contributed by atoms with Crippen molar-refractivity contribution in [1.29, 1.82) is 0 Å². The molecule has 1 N–H and O–H groups in total. The number of fused-ring (bicyclic) bond motifs is 2. The highest BCUT2D eigenvalue weighted by molar-refractivity contribution is 6.33. The number of methoxy groups -OCH3 is 1. The lowest BCUT2D eigenvalue weighted by Crippen LogP contribution is -2.43. The van der Waals surface area contributed by atoms with Gasteiger partial charge < -0.3 is 14.9 Å². The number of carbonyl (C=O) groups is 2. The molecule has 0 heterocycles. The maximum absolute atomic E-state index is 13.6. The Bertz CT molecular complexity index is 1110. The van der Waals surface area contributed by atoms with Gasteiger partial charge in [0.15, 0.2) is 0 Å². The Hall–Kier alpha value is -2.86. The van der Waals surface area contributed by atoms with Crippen LogP contribution in [0.15, 0.2) is 53.7 Å². The zero-order valence-electron chi connectivity index (χ0n) is 18.7. The van der Waals surface area contributed by atoms with Gasteiger partial charge >= 0.3 is 5.97 Å². The van der Waals surface area contributed by atoms with Gasteiger partial charge in [-0.2, -0.15) is 0 Å². The first kappa shape index (κ1) is 22.3. The molecule has 168 valence electrons. The second-order valence-corrected chi connectivity index (χ2v) is 9.71. The number of hydrogen-bond donors (Lipinski definition) is 1. The van der Waals surface area contributed by atoms with Gasteiger partial charge in [0.1, 0.15) is 5.75 Å². The van der Waals surface area contributed by atoms with E-state index < -0.39 is 11.4 Å². The summed E-state index contributed by atoms with van der Waals surface area (Å²) in [4.78, 5) is 31.4. The normalized spacial score (nSPS) is 26.7. The number of anilines is 1. The Balaban J connectivity index is 1.59. The second kappa shape index (κ2) is 7.93. The second-order valence-electron chi connectivity index (χ2n) is 9.30. The van der Waals surface area contributed by atoms with Gasteiger partial charge in [-0.1, -0.05) is 55.7 Å². The minimum Gasteiger partial charge on any atom is -0.497 e. The maximum Gasteiger partial charge on any atom is 0.367 e. The molecule has 0 radical (unpaired) electrons. The summed E-state index contributed by atoms with van der Waals surface area (Å²) in [5.41, 5.74) is 0.286. The van der Waals surface area contributed by atoms with Crippen LogP contribution in [0.1, 0.15) is 50.4 Å². The van der Waals surface area contributed by atoms with Crippen molar-refractivity contribution in [2.45, 2.75) is 40.0 Å². The van der Waals surface area contributed by atoms with Crippen molar-refractivity contribution in [2.24, 2.45) is 21.4 Å². The van der Waals surface area contributed by atoms with Crippen LogP contribution in [0.3, 0.4) is 0 Å². The summed E-state index contributed by atoms with van der Waals surface area (Å²) < 4.78 is 5.27. The summed E-state index contributed by atoms with van der Waals surface area (Å²) in [6.45, 7) is 6.30. The Morgan fingerprint density at radius 3 is 2.53 bits per heavy atom. The van der Waals surface area contributed by atoms with E-state index in [2.05, 4.69) is 31.2 Å². The average molecular weight is 455 g/mol. The van der Waals surface area contributed by atoms with Crippen LogP contribution in [0.4, 0.5) is 5.69 Å². The van der Waals surface area contributed by atoms with Crippen molar-refractivity contribution in [2.75, 3.05) is 12.4 Å². The van der Waals surface area contributed by atoms with E-state index in [0.29, 0.717) is 22.9 Å². The SMILES string of the molecule is COc1cccc(NC(=O)C23CCC(C)(/C(=N\OC(=O)c4ccccc4Cl)C2)C3(C)C)c1. The van der Waals surface area contributed by atoms with Gasteiger partial charge in [-0.25, -0.2) is 4.79 Å². The number of nitrogens with zero attached hydrogens (tertiary/aromatic N) is 1. The Kier molecular flexibility index (Phi) is 5.53. The molecule has 2 atom stereocenters. The number of nitrogens with one attached hydrogen (secondary N) is 1. The van der Waals surface area contributed by atoms with Crippen LogP contribution in [-0.4, -0.2) is 24.7 Å². The summed E-state index contributed by atoms with van der Waals surface area (Å²) in [6, 6.07) is 14.0. The Morgan fingerprint density at radius 2 is 1.81 bits per heavy atom. The van der Waals surface area contributed by atoms with E-state index >= 15 is 0 Å². The molecule has 0 saturated heterocycles. The van der Waals surface area contributed by atoms with E-state index in [1.54, 1.807) is 37.4 Å². The molecule has 2 bridgehead atoms. The zero-order valence-corrected chi connectivity index (χ0v) is 19.5. The van der Waals surface area contributed by atoms with Crippen molar-refractivity contribution < 1.29 is 19.2 Å². The molecular formula is C25H27ClN2O4. The molecule has 2 aliphatic rings. The molecule has 2 aliphatic carbocycles. The lowest BCUT2D eigenvalue weighted by molar-refractivity contribution is -0.130. The van der Waals surface area contributed by atoms with Crippen LogP contribution in [-0.2, 0) is 9.63 Å². The minimum atomic E-state index is -0.652. The Morgan fingerprint density at radius 1 is 1.06 bits per heavy atom. The number of oxime groups is 1. The largest absolute Gasteiger partial charge is 0.497 e. The fourth-order valence-corrected chi connectivity index (χ4v) is 5.46. The molecule has 2 aromatic rings. The van der Waals surface area contributed by atoms with Crippen LogP contribution in [0, 0.1) is 16.2 Å². The molecule has 32 heavy (non-hydrogen) atoms. The smallest absolute Gasteiger partial charge is 0.367 e. The highest BCUT2D eigenvalue weighted by Gasteiger charge is 2.71. The van der Waals surface area contributed by atoms with Crippen molar-refractivity contribution in [3.63, 3.8) is 0 Å². The molecular weight excluding hydrogens is 428 g/mol. The van der Waals surface area contributed by atoms with Crippen molar-refractivity contribution in [1.82, 2.24) is 0 Å². The van der Waals surface area contributed by atoms with Crippen LogP contribution in [0.25, 0.3) is 0 Å². The van der Waals surface area contributed by atoms with E-state index in [-0.39, 0.29) is 22.3 Å². The monoisotopic (exact) mass is 454 g/mol. The van der Waals surface area contributed by atoms with Gasteiger partial charge in [0.2, 0.25) is 5.91 Å². The zero-order chi connectivity index (χ0) is 23.1. The third-order valence-electron chi connectivity index (χ3n) is 7.83. The van der Waals surface area contributed by atoms with Crippen LogP contribution < -0.4 is 10.1 Å². The number of ether oxygens (including phenoxy) is 1. The van der Waals surface area contributed by atoms with Crippen molar-refractivity contribution in [3.8, 4) is 5.75 Å². The predicted molar refractivity (Wildman–Crippen MR) is 124 cm³/mol. The summed E-state index contributed by atoms with van der Waals surface area (Å²) >= 11 is 6.10. The summed E-state index contributed by atoms with van der Waals surface area (Å²) in [7, 11) is 1.59.